The number of pyridine rings is 1. The lowest BCUT2D eigenvalue weighted by Gasteiger charge is -2.28. The van der Waals surface area contributed by atoms with Gasteiger partial charge in [0, 0.05) is 43.3 Å². The molecular weight excluding hydrogens is 320 g/mol. The highest BCUT2D eigenvalue weighted by molar-refractivity contribution is 6.03. The molecule has 2 aromatic heterocycles. The Labute approximate surface area is 145 Å². The van der Waals surface area contributed by atoms with Crippen molar-refractivity contribution in [1.82, 2.24) is 20.1 Å². The SMILES string of the molecule is O=C1CN(c2ccnc(C(=O)Nc3cc4n(n3)CCCC4)c2)CCN1. The largest absolute Gasteiger partial charge is 0.360 e. The fourth-order valence-electron chi connectivity index (χ4n) is 3.26. The second-order valence-corrected chi connectivity index (χ2v) is 6.33. The molecule has 1 fully saturated rings. The van der Waals surface area contributed by atoms with Crippen LogP contribution in [0.25, 0.3) is 0 Å². The van der Waals surface area contributed by atoms with E-state index in [4.69, 9.17) is 0 Å². The fourth-order valence-corrected chi connectivity index (χ4v) is 3.26. The quantitative estimate of drug-likeness (QED) is 0.862. The molecule has 0 atom stereocenters. The molecule has 2 N–H and O–H groups in total. The van der Waals surface area contributed by atoms with Crippen LogP contribution in [0.1, 0.15) is 29.0 Å². The lowest BCUT2D eigenvalue weighted by atomic mass is 10.1. The maximum absolute atomic E-state index is 12.5. The molecule has 0 spiro atoms. The molecule has 8 heteroatoms. The van der Waals surface area contributed by atoms with E-state index in [1.807, 2.05) is 21.7 Å². The highest BCUT2D eigenvalue weighted by Crippen LogP contribution is 2.19. The molecule has 0 aliphatic carbocycles. The smallest absolute Gasteiger partial charge is 0.275 e. The number of nitrogens with zero attached hydrogens (tertiary/aromatic N) is 4. The molecule has 1 saturated heterocycles. The Morgan fingerprint density at radius 3 is 3.00 bits per heavy atom. The Morgan fingerprint density at radius 2 is 2.16 bits per heavy atom. The lowest BCUT2D eigenvalue weighted by molar-refractivity contribution is -0.120. The topological polar surface area (TPSA) is 92.2 Å². The first-order chi connectivity index (χ1) is 12.2. The number of fused-ring (bicyclic) bond motifs is 1. The molecule has 25 heavy (non-hydrogen) atoms. The number of carbonyl (C=O) groups excluding carboxylic acids is 2. The van der Waals surface area contributed by atoms with Crippen molar-refractivity contribution < 1.29 is 9.59 Å². The van der Waals surface area contributed by atoms with E-state index >= 15 is 0 Å². The van der Waals surface area contributed by atoms with Crippen molar-refractivity contribution in [2.75, 3.05) is 29.9 Å². The normalized spacial score (nSPS) is 17.0. The van der Waals surface area contributed by atoms with Gasteiger partial charge >= 0.3 is 0 Å². The van der Waals surface area contributed by atoms with Gasteiger partial charge in [-0.3, -0.25) is 19.3 Å². The number of piperazine rings is 1. The van der Waals surface area contributed by atoms with E-state index in [1.54, 1.807) is 12.3 Å². The Balaban J connectivity index is 1.49. The van der Waals surface area contributed by atoms with E-state index in [9.17, 15) is 9.59 Å². The van der Waals surface area contributed by atoms with Crippen LogP contribution in [0, 0.1) is 0 Å². The van der Waals surface area contributed by atoms with Crippen molar-refractivity contribution >= 4 is 23.3 Å². The predicted molar refractivity (Wildman–Crippen MR) is 92.6 cm³/mol. The first kappa shape index (κ1) is 15.6. The lowest BCUT2D eigenvalue weighted by Crippen LogP contribution is -2.47. The number of hydrogen-bond acceptors (Lipinski definition) is 5. The van der Waals surface area contributed by atoms with Crippen LogP contribution in [0.15, 0.2) is 24.4 Å². The molecule has 4 rings (SSSR count). The van der Waals surface area contributed by atoms with E-state index in [-0.39, 0.29) is 11.8 Å². The number of hydrogen-bond donors (Lipinski definition) is 2. The zero-order chi connectivity index (χ0) is 17.2. The van der Waals surface area contributed by atoms with Gasteiger partial charge < -0.3 is 15.5 Å². The minimum absolute atomic E-state index is 0.0161. The summed E-state index contributed by atoms with van der Waals surface area (Å²) in [6.45, 7) is 2.50. The van der Waals surface area contributed by atoms with E-state index in [1.165, 1.54) is 0 Å². The molecule has 130 valence electrons. The van der Waals surface area contributed by atoms with Gasteiger partial charge in [-0.2, -0.15) is 5.10 Å². The van der Waals surface area contributed by atoms with Crippen molar-refractivity contribution in [3.8, 4) is 0 Å². The first-order valence-electron chi connectivity index (χ1n) is 8.55. The second kappa shape index (κ2) is 6.54. The summed E-state index contributed by atoms with van der Waals surface area (Å²) in [6, 6.07) is 5.45. The molecule has 4 heterocycles. The molecule has 0 saturated carbocycles. The van der Waals surface area contributed by atoms with Crippen molar-refractivity contribution in [1.29, 1.82) is 0 Å². The number of carbonyl (C=O) groups is 2. The number of nitrogens with one attached hydrogen (secondary N) is 2. The summed E-state index contributed by atoms with van der Waals surface area (Å²) in [4.78, 5) is 30.1. The average Bonchev–Trinajstić information content (AvgIpc) is 3.04. The summed E-state index contributed by atoms with van der Waals surface area (Å²) in [6.07, 6.45) is 4.86. The van der Waals surface area contributed by atoms with Crippen LogP contribution >= 0.6 is 0 Å². The number of aromatic nitrogens is 3. The Bertz CT molecular complexity index is 792. The number of aryl methyl sites for hydroxylation is 2. The Morgan fingerprint density at radius 1 is 1.24 bits per heavy atom. The Hall–Kier alpha value is -2.90. The van der Waals surface area contributed by atoms with Crippen LogP contribution in [-0.4, -0.2) is 46.2 Å². The third-order valence-corrected chi connectivity index (χ3v) is 4.54. The van der Waals surface area contributed by atoms with Gasteiger partial charge in [0.05, 0.1) is 6.54 Å². The maximum Gasteiger partial charge on any atom is 0.275 e. The standard InChI is InChI=1S/C17H20N6O2/c24-16-11-22(8-6-19-16)12-4-5-18-14(9-12)17(25)20-15-10-13-3-1-2-7-23(13)21-15/h4-5,9-10H,1-3,6-8,11H2,(H,19,24)(H,20,21,25). The molecule has 0 aromatic carbocycles. The zero-order valence-corrected chi connectivity index (χ0v) is 13.9. The third-order valence-electron chi connectivity index (χ3n) is 4.54. The molecular formula is C17H20N6O2. The average molecular weight is 340 g/mol. The summed E-state index contributed by atoms with van der Waals surface area (Å²) in [5.74, 6) is 0.253. The molecule has 2 amide bonds. The summed E-state index contributed by atoms with van der Waals surface area (Å²) in [7, 11) is 0. The van der Waals surface area contributed by atoms with Crippen molar-refractivity contribution in [2.24, 2.45) is 0 Å². The third kappa shape index (κ3) is 3.33. The van der Waals surface area contributed by atoms with Gasteiger partial charge in [-0.15, -0.1) is 0 Å². The molecule has 2 aliphatic heterocycles. The van der Waals surface area contributed by atoms with E-state index in [0.717, 1.165) is 37.2 Å². The highest BCUT2D eigenvalue weighted by Gasteiger charge is 2.19. The second-order valence-electron chi connectivity index (χ2n) is 6.33. The molecule has 8 nitrogen and oxygen atoms in total. The summed E-state index contributed by atoms with van der Waals surface area (Å²) in [5, 5.41) is 10.0. The van der Waals surface area contributed by atoms with E-state index in [2.05, 4.69) is 20.7 Å². The van der Waals surface area contributed by atoms with Gasteiger partial charge in [-0.1, -0.05) is 0 Å². The molecule has 0 bridgehead atoms. The molecule has 2 aromatic rings. The van der Waals surface area contributed by atoms with Crippen LogP contribution in [0.3, 0.4) is 0 Å². The van der Waals surface area contributed by atoms with Crippen LogP contribution in [0.5, 0.6) is 0 Å². The van der Waals surface area contributed by atoms with Crippen LogP contribution in [0.2, 0.25) is 0 Å². The highest BCUT2D eigenvalue weighted by atomic mass is 16.2. The van der Waals surface area contributed by atoms with Gasteiger partial charge in [-0.25, -0.2) is 0 Å². The van der Waals surface area contributed by atoms with E-state index in [0.29, 0.717) is 31.1 Å². The van der Waals surface area contributed by atoms with Crippen molar-refractivity contribution in [3.05, 3.63) is 35.8 Å². The number of amides is 2. The number of anilines is 2. The van der Waals surface area contributed by atoms with Crippen LogP contribution in [-0.2, 0) is 17.8 Å². The van der Waals surface area contributed by atoms with Gasteiger partial charge in [0.25, 0.3) is 5.91 Å². The van der Waals surface area contributed by atoms with E-state index < -0.39 is 0 Å². The minimum atomic E-state index is -0.293. The van der Waals surface area contributed by atoms with Gasteiger partial charge in [0.2, 0.25) is 5.91 Å². The molecule has 0 radical (unpaired) electrons. The maximum atomic E-state index is 12.5. The molecule has 0 unspecified atom stereocenters. The predicted octanol–water partition coefficient (Wildman–Crippen LogP) is 0.803. The zero-order valence-electron chi connectivity index (χ0n) is 13.9. The minimum Gasteiger partial charge on any atom is -0.360 e. The monoisotopic (exact) mass is 340 g/mol. The van der Waals surface area contributed by atoms with Crippen molar-refractivity contribution in [3.63, 3.8) is 0 Å². The summed E-state index contributed by atoms with van der Waals surface area (Å²) in [5.41, 5.74) is 2.29. The van der Waals surface area contributed by atoms with Gasteiger partial charge in [-0.05, 0) is 31.4 Å². The summed E-state index contributed by atoms with van der Waals surface area (Å²) < 4.78 is 1.95. The first-order valence-corrected chi connectivity index (χ1v) is 8.55. The van der Waals surface area contributed by atoms with Gasteiger partial charge in [0.1, 0.15) is 5.69 Å². The van der Waals surface area contributed by atoms with Crippen LogP contribution in [0.4, 0.5) is 11.5 Å². The number of rotatable bonds is 3. The van der Waals surface area contributed by atoms with Crippen LogP contribution < -0.4 is 15.5 Å². The van der Waals surface area contributed by atoms with Crippen molar-refractivity contribution in [2.45, 2.75) is 25.8 Å². The molecule has 2 aliphatic rings. The fraction of sp³-hybridized carbons (Fsp3) is 0.412. The summed E-state index contributed by atoms with van der Waals surface area (Å²) >= 11 is 0. The van der Waals surface area contributed by atoms with Gasteiger partial charge in [0.15, 0.2) is 5.82 Å². The Kier molecular flexibility index (Phi) is 4.09.